The second-order valence-corrected chi connectivity index (χ2v) is 4.42. The van der Waals surface area contributed by atoms with Gasteiger partial charge in [0.1, 0.15) is 0 Å². The van der Waals surface area contributed by atoms with Crippen LogP contribution in [-0.2, 0) is 11.3 Å². The van der Waals surface area contributed by atoms with Gasteiger partial charge in [-0.3, -0.25) is 4.21 Å². The first-order valence-electron chi connectivity index (χ1n) is 5.43. The summed E-state index contributed by atoms with van der Waals surface area (Å²) in [6, 6.07) is 15.2. The molecule has 0 aliphatic rings. The fourth-order valence-electron chi connectivity index (χ4n) is 1.66. The van der Waals surface area contributed by atoms with Gasteiger partial charge in [0.05, 0.1) is 0 Å². The molecule has 0 bridgehead atoms. The molecule has 0 fully saturated rings. The Hall–Kier alpha value is -1.85. The van der Waals surface area contributed by atoms with E-state index in [1.807, 2.05) is 43.4 Å². The van der Waals surface area contributed by atoms with E-state index in [0.717, 1.165) is 16.8 Å². The van der Waals surface area contributed by atoms with Gasteiger partial charge >= 0.3 is 0 Å². The molecule has 0 spiro atoms. The van der Waals surface area contributed by atoms with Gasteiger partial charge in [-0.2, -0.15) is 0 Å². The largest absolute Gasteiger partial charge is 0.755 e. The van der Waals surface area contributed by atoms with E-state index in [9.17, 15) is 8.76 Å². The zero-order valence-electron chi connectivity index (χ0n) is 9.84. The predicted octanol–water partition coefficient (Wildman–Crippen LogP) is 2.60. The van der Waals surface area contributed by atoms with Gasteiger partial charge in [-0.15, -0.1) is 0 Å². The minimum Gasteiger partial charge on any atom is -0.755 e. The van der Waals surface area contributed by atoms with Crippen LogP contribution in [0.25, 0.3) is 11.1 Å². The molecule has 2 aromatic rings. The highest BCUT2D eigenvalue weighted by Crippen LogP contribution is 2.23. The second kappa shape index (κ2) is 5.66. The molecule has 0 amide bonds. The smallest absolute Gasteiger partial charge is 0.0452 e. The van der Waals surface area contributed by atoms with Gasteiger partial charge < -0.3 is 14.6 Å². The number of anilines is 2. The highest BCUT2D eigenvalue weighted by atomic mass is 32.2. The van der Waals surface area contributed by atoms with Crippen molar-refractivity contribution in [2.75, 3.05) is 17.1 Å². The molecule has 1 unspecified atom stereocenters. The van der Waals surface area contributed by atoms with Crippen LogP contribution in [0, 0.1) is 0 Å². The summed E-state index contributed by atoms with van der Waals surface area (Å²) in [6.07, 6.45) is 0. The van der Waals surface area contributed by atoms with Gasteiger partial charge in [0.15, 0.2) is 0 Å². The highest BCUT2D eigenvalue weighted by Gasteiger charge is 1.98. The average molecular weight is 261 g/mol. The molecule has 0 aromatic heterocycles. The summed E-state index contributed by atoms with van der Waals surface area (Å²) < 4.78 is 23.3. The summed E-state index contributed by atoms with van der Waals surface area (Å²) in [7, 11) is 1.87. The Morgan fingerprint density at radius 1 is 0.889 bits per heavy atom. The van der Waals surface area contributed by atoms with Gasteiger partial charge in [0, 0.05) is 29.7 Å². The minimum atomic E-state index is -2.28. The van der Waals surface area contributed by atoms with E-state index in [2.05, 4.69) is 10.0 Å². The van der Waals surface area contributed by atoms with Gasteiger partial charge in [0.25, 0.3) is 0 Å². The minimum absolute atomic E-state index is 0.555. The first-order valence-corrected chi connectivity index (χ1v) is 6.51. The first kappa shape index (κ1) is 12.6. The lowest BCUT2D eigenvalue weighted by Crippen LogP contribution is -2.01. The van der Waals surface area contributed by atoms with Crippen LogP contribution < -0.4 is 10.0 Å². The Kier molecular flexibility index (Phi) is 3.96. The van der Waals surface area contributed by atoms with Gasteiger partial charge in [-0.05, 0) is 35.4 Å². The summed E-state index contributed by atoms with van der Waals surface area (Å²) in [4.78, 5) is 0. The fraction of sp³-hybridized carbons (Fsp3) is 0.0769. The van der Waals surface area contributed by atoms with E-state index in [1.165, 1.54) is 0 Å². The number of hydrogen-bond donors (Lipinski definition) is 2. The monoisotopic (exact) mass is 261 g/mol. The quantitative estimate of drug-likeness (QED) is 0.831. The Bertz CT molecular complexity index is 538. The summed E-state index contributed by atoms with van der Waals surface area (Å²) in [5.74, 6) is 0. The third-order valence-electron chi connectivity index (χ3n) is 2.59. The van der Waals surface area contributed by atoms with Crippen molar-refractivity contribution in [1.82, 2.24) is 0 Å². The number of benzene rings is 2. The molecule has 0 aliphatic carbocycles. The summed E-state index contributed by atoms with van der Waals surface area (Å²) in [5.41, 5.74) is 3.74. The zero-order valence-corrected chi connectivity index (χ0v) is 10.7. The van der Waals surface area contributed by atoms with Crippen molar-refractivity contribution in [3.63, 3.8) is 0 Å². The van der Waals surface area contributed by atoms with Crippen molar-refractivity contribution in [3.05, 3.63) is 48.5 Å². The molecular formula is C13H13N2O2S-. The molecule has 2 rings (SSSR count). The van der Waals surface area contributed by atoms with E-state index in [-0.39, 0.29) is 0 Å². The molecule has 0 aliphatic heterocycles. The second-order valence-electron chi connectivity index (χ2n) is 3.74. The highest BCUT2D eigenvalue weighted by molar-refractivity contribution is 7.80. The van der Waals surface area contributed by atoms with Crippen LogP contribution >= 0.6 is 0 Å². The topological polar surface area (TPSA) is 64.2 Å². The number of nitrogens with one attached hydrogen (secondary N) is 2. The lowest BCUT2D eigenvalue weighted by Gasteiger charge is -2.09. The molecule has 18 heavy (non-hydrogen) atoms. The Morgan fingerprint density at radius 2 is 1.33 bits per heavy atom. The molecule has 2 N–H and O–H groups in total. The predicted molar refractivity (Wildman–Crippen MR) is 74.0 cm³/mol. The van der Waals surface area contributed by atoms with E-state index < -0.39 is 11.3 Å². The Balaban J connectivity index is 2.20. The van der Waals surface area contributed by atoms with Gasteiger partial charge in [0.2, 0.25) is 0 Å². The lowest BCUT2D eigenvalue weighted by molar-refractivity contribution is 0.542. The molecule has 2 aromatic carbocycles. The Labute approximate surface area is 108 Å². The van der Waals surface area contributed by atoms with Crippen molar-refractivity contribution in [2.24, 2.45) is 0 Å². The third kappa shape index (κ3) is 3.09. The molecule has 94 valence electrons. The fourth-order valence-corrected chi connectivity index (χ4v) is 1.98. The van der Waals surface area contributed by atoms with E-state index in [1.54, 1.807) is 12.1 Å². The van der Waals surface area contributed by atoms with Crippen LogP contribution in [0.15, 0.2) is 48.5 Å². The lowest BCUT2D eigenvalue weighted by atomic mass is 10.1. The van der Waals surface area contributed by atoms with Crippen LogP contribution in [0.4, 0.5) is 11.4 Å². The maximum absolute atomic E-state index is 10.5. The molecule has 0 saturated carbocycles. The standard InChI is InChI=1S/C13H14N2O2S/c1-14-12-6-2-10(3-7-12)11-4-8-13(9-5-11)15-18(16)17/h2-9,14-15H,1H3,(H,16,17)/p-1. The maximum Gasteiger partial charge on any atom is 0.0452 e. The van der Waals surface area contributed by atoms with Crippen molar-refractivity contribution in [2.45, 2.75) is 0 Å². The van der Waals surface area contributed by atoms with Crippen LogP contribution in [0.5, 0.6) is 0 Å². The molecule has 4 nitrogen and oxygen atoms in total. The van der Waals surface area contributed by atoms with E-state index in [4.69, 9.17) is 0 Å². The van der Waals surface area contributed by atoms with Crippen molar-refractivity contribution in [3.8, 4) is 11.1 Å². The maximum atomic E-state index is 10.5. The number of rotatable bonds is 4. The van der Waals surface area contributed by atoms with Crippen molar-refractivity contribution >= 4 is 22.6 Å². The molecule has 0 saturated heterocycles. The van der Waals surface area contributed by atoms with Crippen LogP contribution in [0.1, 0.15) is 0 Å². The molecule has 0 radical (unpaired) electrons. The molecule has 5 heteroatoms. The Morgan fingerprint density at radius 3 is 1.72 bits per heavy atom. The van der Waals surface area contributed by atoms with Gasteiger partial charge in [-0.1, -0.05) is 24.3 Å². The molecule has 0 heterocycles. The van der Waals surface area contributed by atoms with E-state index in [0.29, 0.717) is 5.69 Å². The van der Waals surface area contributed by atoms with Crippen molar-refractivity contribution in [1.29, 1.82) is 0 Å². The normalized spacial score (nSPS) is 11.9. The van der Waals surface area contributed by atoms with E-state index >= 15 is 0 Å². The SMILES string of the molecule is CNc1ccc(-c2ccc(NS(=O)[O-])cc2)cc1. The number of hydrogen-bond acceptors (Lipinski definition) is 3. The summed E-state index contributed by atoms with van der Waals surface area (Å²) in [5, 5.41) is 3.06. The summed E-state index contributed by atoms with van der Waals surface area (Å²) >= 11 is -2.28. The van der Waals surface area contributed by atoms with Gasteiger partial charge in [-0.25, -0.2) is 0 Å². The molecular weight excluding hydrogens is 248 g/mol. The average Bonchev–Trinajstić information content (AvgIpc) is 2.39. The summed E-state index contributed by atoms with van der Waals surface area (Å²) in [6.45, 7) is 0. The zero-order chi connectivity index (χ0) is 13.0. The van der Waals surface area contributed by atoms with Crippen LogP contribution in [0.2, 0.25) is 0 Å². The van der Waals surface area contributed by atoms with Crippen molar-refractivity contribution < 1.29 is 8.76 Å². The van der Waals surface area contributed by atoms with Crippen LogP contribution in [-0.4, -0.2) is 15.8 Å². The third-order valence-corrected chi connectivity index (χ3v) is 3.00. The van der Waals surface area contributed by atoms with Crippen LogP contribution in [0.3, 0.4) is 0 Å². The first-order chi connectivity index (χ1) is 8.69. The molecule has 1 atom stereocenters.